The summed E-state index contributed by atoms with van der Waals surface area (Å²) in [6, 6.07) is 16.5. The lowest BCUT2D eigenvalue weighted by atomic mass is 10.2. The molecular weight excluding hydrogens is 324 g/mol. The lowest BCUT2D eigenvalue weighted by molar-refractivity contribution is -0.620. The van der Waals surface area contributed by atoms with Crippen LogP contribution in [0.25, 0.3) is 11.0 Å². The van der Waals surface area contributed by atoms with E-state index >= 15 is 0 Å². The molecule has 0 bridgehead atoms. The standard InChI is InChI=1S/C17H12N4O4/c18-10-15-16(19-17(22)25-11-12-6-2-1-3-7-12)21(24)14-9-5-4-8-13(14)20(15)23/h1-9H,11H2,(H,19,22). The highest BCUT2D eigenvalue weighted by atomic mass is 16.5. The average Bonchev–Trinajstić information content (AvgIpc) is 2.65. The summed E-state index contributed by atoms with van der Waals surface area (Å²) in [6.45, 7) is -0.0155. The summed E-state index contributed by atoms with van der Waals surface area (Å²) in [5, 5.41) is 36.0. The molecule has 0 atom stereocenters. The number of anilines is 1. The Kier molecular flexibility index (Phi) is 4.30. The molecule has 3 rings (SSSR count). The van der Waals surface area contributed by atoms with Crippen molar-refractivity contribution in [3.8, 4) is 6.07 Å². The van der Waals surface area contributed by atoms with Gasteiger partial charge in [-0.1, -0.05) is 42.5 Å². The average molecular weight is 336 g/mol. The number of nitriles is 1. The van der Waals surface area contributed by atoms with Crippen molar-refractivity contribution in [1.82, 2.24) is 0 Å². The fourth-order valence-electron chi connectivity index (χ4n) is 2.31. The second-order valence-electron chi connectivity index (χ2n) is 5.07. The number of carbonyl (C=O) groups excluding carboxylic acids is 1. The number of hydrogen-bond acceptors (Lipinski definition) is 5. The van der Waals surface area contributed by atoms with Crippen molar-refractivity contribution < 1.29 is 19.0 Å². The zero-order valence-corrected chi connectivity index (χ0v) is 12.9. The van der Waals surface area contributed by atoms with Crippen LogP contribution in [0.4, 0.5) is 10.6 Å². The van der Waals surface area contributed by atoms with E-state index in [9.17, 15) is 20.5 Å². The van der Waals surface area contributed by atoms with Gasteiger partial charge in [0, 0.05) is 6.07 Å². The van der Waals surface area contributed by atoms with E-state index in [1.165, 1.54) is 12.1 Å². The molecule has 25 heavy (non-hydrogen) atoms. The number of hydrogen-bond donors (Lipinski definition) is 1. The van der Waals surface area contributed by atoms with Crippen LogP contribution in [0.1, 0.15) is 11.3 Å². The molecule has 0 aliphatic rings. The summed E-state index contributed by atoms with van der Waals surface area (Å²) < 4.78 is 5.64. The van der Waals surface area contributed by atoms with Crippen molar-refractivity contribution in [3.05, 3.63) is 76.3 Å². The van der Waals surface area contributed by atoms with Crippen LogP contribution < -0.4 is 14.8 Å². The topological polar surface area (TPSA) is 116 Å². The summed E-state index contributed by atoms with van der Waals surface area (Å²) in [5.74, 6) is -0.478. The van der Waals surface area contributed by atoms with Gasteiger partial charge in [-0.15, -0.1) is 4.73 Å². The molecule has 1 aromatic heterocycles. The number of ether oxygens (including phenoxy) is 1. The van der Waals surface area contributed by atoms with Gasteiger partial charge >= 0.3 is 17.6 Å². The van der Waals surface area contributed by atoms with Crippen LogP contribution in [0.15, 0.2) is 54.6 Å². The molecule has 1 heterocycles. The maximum atomic E-state index is 12.4. The van der Waals surface area contributed by atoms with Crippen molar-refractivity contribution in [2.45, 2.75) is 6.61 Å². The van der Waals surface area contributed by atoms with E-state index in [0.29, 0.717) is 9.46 Å². The first-order valence-corrected chi connectivity index (χ1v) is 7.27. The molecule has 0 fully saturated rings. The number of nitrogens with zero attached hydrogens (tertiary/aromatic N) is 3. The van der Waals surface area contributed by atoms with E-state index in [0.717, 1.165) is 5.56 Å². The van der Waals surface area contributed by atoms with E-state index < -0.39 is 17.6 Å². The molecule has 124 valence electrons. The van der Waals surface area contributed by atoms with Crippen molar-refractivity contribution >= 4 is 22.9 Å². The summed E-state index contributed by atoms with van der Waals surface area (Å²) >= 11 is 0. The third-order valence-electron chi connectivity index (χ3n) is 3.49. The molecule has 3 aromatic rings. The molecule has 0 radical (unpaired) electrons. The highest BCUT2D eigenvalue weighted by Gasteiger charge is 2.29. The second kappa shape index (κ2) is 6.72. The first kappa shape index (κ1) is 16.0. The Labute approximate surface area is 142 Å². The molecular formula is C17H12N4O4. The summed E-state index contributed by atoms with van der Waals surface area (Å²) in [6.07, 6.45) is -0.944. The lowest BCUT2D eigenvalue weighted by Gasteiger charge is -2.12. The number of rotatable bonds is 3. The number of carbonyl (C=O) groups is 1. The third-order valence-corrected chi connectivity index (χ3v) is 3.49. The van der Waals surface area contributed by atoms with Crippen molar-refractivity contribution in [1.29, 1.82) is 5.26 Å². The maximum Gasteiger partial charge on any atom is 0.505 e. The third kappa shape index (κ3) is 3.11. The quantitative estimate of drug-likeness (QED) is 0.577. The smallest absolute Gasteiger partial charge is 0.505 e. The largest absolute Gasteiger partial charge is 0.710 e. The highest BCUT2D eigenvalue weighted by molar-refractivity contribution is 5.84. The van der Waals surface area contributed by atoms with E-state index in [4.69, 9.17) is 4.74 Å². The van der Waals surface area contributed by atoms with Crippen LogP contribution in [0.2, 0.25) is 0 Å². The lowest BCUT2D eigenvalue weighted by Crippen LogP contribution is -2.44. The van der Waals surface area contributed by atoms with Gasteiger partial charge in [-0.2, -0.15) is 15.4 Å². The van der Waals surface area contributed by atoms with Crippen molar-refractivity contribution in [2.24, 2.45) is 0 Å². The zero-order chi connectivity index (χ0) is 17.8. The first-order valence-electron chi connectivity index (χ1n) is 7.27. The molecule has 8 heteroatoms. The molecule has 0 saturated carbocycles. The predicted octanol–water partition coefficient (Wildman–Crippen LogP) is 1.73. The summed E-state index contributed by atoms with van der Waals surface area (Å²) in [4.78, 5) is 11.9. The SMILES string of the molecule is N#Cc1c(NC(=O)OCc2ccccc2)[n+]([O-])c2ccccc2[n+]1[O-]. The van der Waals surface area contributed by atoms with Gasteiger partial charge < -0.3 is 15.2 Å². The molecule has 0 spiro atoms. The fraction of sp³-hybridized carbons (Fsp3) is 0.0588. The van der Waals surface area contributed by atoms with Gasteiger partial charge in [0.05, 0.1) is 0 Å². The molecule has 0 aliphatic carbocycles. The predicted molar refractivity (Wildman–Crippen MR) is 86.8 cm³/mol. The Morgan fingerprint density at radius 2 is 1.64 bits per heavy atom. The van der Waals surface area contributed by atoms with E-state index in [1.807, 2.05) is 6.07 Å². The fourth-order valence-corrected chi connectivity index (χ4v) is 2.31. The number of aromatic nitrogens is 2. The van der Waals surface area contributed by atoms with E-state index in [-0.39, 0.29) is 17.6 Å². The zero-order valence-electron chi connectivity index (χ0n) is 12.9. The molecule has 0 aliphatic heterocycles. The van der Waals surface area contributed by atoms with Gasteiger partial charge in [0.2, 0.25) is 5.52 Å². The number of para-hydroxylation sites is 2. The summed E-state index contributed by atoms with van der Waals surface area (Å²) in [5.41, 5.74) is 0.281. The van der Waals surface area contributed by atoms with E-state index in [2.05, 4.69) is 5.32 Å². The van der Waals surface area contributed by atoms with Crippen molar-refractivity contribution in [3.63, 3.8) is 0 Å². The minimum Gasteiger partial charge on any atom is -0.710 e. The minimum atomic E-state index is -0.944. The van der Waals surface area contributed by atoms with Crippen LogP contribution in [-0.4, -0.2) is 6.09 Å². The number of fused-ring (bicyclic) bond motifs is 1. The van der Waals surface area contributed by atoms with Gasteiger partial charge in [-0.25, -0.2) is 4.73 Å². The Morgan fingerprint density at radius 1 is 1.04 bits per heavy atom. The van der Waals surface area contributed by atoms with Crippen LogP contribution in [0, 0.1) is 21.7 Å². The van der Waals surface area contributed by atoms with Gasteiger partial charge in [-0.3, -0.25) is 0 Å². The van der Waals surface area contributed by atoms with Crippen molar-refractivity contribution in [2.75, 3.05) is 5.32 Å². The monoisotopic (exact) mass is 336 g/mol. The Bertz CT molecular complexity index is 983. The van der Waals surface area contributed by atoms with E-state index in [1.54, 1.807) is 42.5 Å². The summed E-state index contributed by atoms with van der Waals surface area (Å²) in [7, 11) is 0. The Balaban J connectivity index is 1.89. The van der Waals surface area contributed by atoms with Crippen LogP contribution >= 0.6 is 0 Å². The Hall–Kier alpha value is -3.86. The van der Waals surface area contributed by atoms with Gasteiger partial charge in [-0.05, 0) is 11.6 Å². The molecule has 0 saturated heterocycles. The van der Waals surface area contributed by atoms with Crippen LogP contribution in [0.5, 0.6) is 0 Å². The van der Waals surface area contributed by atoms with Crippen LogP contribution in [0.3, 0.4) is 0 Å². The number of amides is 1. The Morgan fingerprint density at radius 3 is 2.28 bits per heavy atom. The minimum absolute atomic E-state index is 0.0155. The molecule has 0 unspecified atom stereocenters. The highest BCUT2D eigenvalue weighted by Crippen LogP contribution is 2.13. The van der Waals surface area contributed by atoms with Gasteiger partial charge in [0.25, 0.3) is 5.52 Å². The maximum absolute atomic E-state index is 12.4. The molecule has 1 N–H and O–H groups in total. The molecule has 2 aromatic carbocycles. The normalized spacial score (nSPS) is 10.2. The second-order valence-corrected chi connectivity index (χ2v) is 5.07. The molecule has 8 nitrogen and oxygen atoms in total. The van der Waals surface area contributed by atoms with Crippen LogP contribution in [-0.2, 0) is 11.3 Å². The number of nitrogens with one attached hydrogen (secondary N) is 1. The first-order chi connectivity index (χ1) is 12.1. The number of benzene rings is 2. The van der Waals surface area contributed by atoms with Gasteiger partial charge in [0.15, 0.2) is 6.07 Å². The van der Waals surface area contributed by atoms with Gasteiger partial charge in [0.1, 0.15) is 6.61 Å². The molecule has 1 amide bonds.